The Labute approximate surface area is 211 Å². The van der Waals surface area contributed by atoms with Crippen molar-refractivity contribution >= 4 is 11.9 Å². The maximum Gasteiger partial charge on any atom is 0.308 e. The summed E-state index contributed by atoms with van der Waals surface area (Å²) in [5, 5.41) is 0. The topological polar surface area (TPSA) is 52.6 Å². The van der Waals surface area contributed by atoms with Crippen molar-refractivity contribution in [3.63, 3.8) is 0 Å². The number of unbranched alkanes of at least 4 members (excludes halogenated alkanes) is 13. The van der Waals surface area contributed by atoms with E-state index < -0.39 is 0 Å². The van der Waals surface area contributed by atoms with Crippen LogP contribution in [0.15, 0.2) is 0 Å². The van der Waals surface area contributed by atoms with Gasteiger partial charge in [0.15, 0.2) is 0 Å². The largest absolute Gasteiger partial charge is 0.465 e. The molecule has 4 heteroatoms. The molecule has 0 radical (unpaired) electrons. The van der Waals surface area contributed by atoms with Gasteiger partial charge in [0.1, 0.15) is 0 Å². The van der Waals surface area contributed by atoms with Crippen LogP contribution in [0.1, 0.15) is 149 Å². The van der Waals surface area contributed by atoms with E-state index >= 15 is 0 Å². The Bertz CT molecular complexity index is 494. The first-order valence-electron chi connectivity index (χ1n) is 14.9. The van der Waals surface area contributed by atoms with Crippen molar-refractivity contribution in [2.45, 2.75) is 149 Å². The Morgan fingerprint density at radius 1 is 0.588 bits per heavy atom. The van der Waals surface area contributed by atoms with Gasteiger partial charge in [-0.25, -0.2) is 0 Å². The van der Waals surface area contributed by atoms with Gasteiger partial charge in [-0.15, -0.1) is 0 Å². The fourth-order valence-electron chi connectivity index (χ4n) is 4.92. The summed E-state index contributed by atoms with van der Waals surface area (Å²) in [5.74, 6) is 0.597. The zero-order valence-electron chi connectivity index (χ0n) is 22.9. The number of esters is 2. The molecule has 0 unspecified atom stereocenters. The van der Waals surface area contributed by atoms with Gasteiger partial charge in [-0.3, -0.25) is 9.59 Å². The maximum atomic E-state index is 12.4. The highest BCUT2D eigenvalue weighted by Gasteiger charge is 2.31. The van der Waals surface area contributed by atoms with Crippen molar-refractivity contribution in [3.05, 3.63) is 0 Å². The molecule has 0 amide bonds. The minimum atomic E-state index is -0.0602. The molecule has 0 aromatic rings. The van der Waals surface area contributed by atoms with E-state index in [9.17, 15) is 9.59 Å². The highest BCUT2D eigenvalue weighted by Crippen LogP contribution is 2.30. The molecule has 0 heterocycles. The third-order valence-electron chi connectivity index (χ3n) is 7.31. The molecular weight excluding hydrogens is 424 g/mol. The van der Waals surface area contributed by atoms with Gasteiger partial charge >= 0.3 is 11.9 Å². The number of hydrogen-bond donors (Lipinski definition) is 0. The van der Waals surface area contributed by atoms with Crippen LogP contribution in [0.3, 0.4) is 0 Å². The molecule has 1 rings (SSSR count). The lowest BCUT2D eigenvalue weighted by Crippen LogP contribution is -2.28. The molecule has 0 aliphatic heterocycles. The predicted octanol–water partition coefficient (Wildman–Crippen LogP) is 8.80. The molecule has 0 saturated heterocycles. The number of hydrogen-bond acceptors (Lipinski definition) is 4. The quantitative estimate of drug-likeness (QED) is 0.122. The van der Waals surface area contributed by atoms with Crippen molar-refractivity contribution in [3.8, 4) is 0 Å². The predicted molar refractivity (Wildman–Crippen MR) is 142 cm³/mol. The molecule has 200 valence electrons. The Morgan fingerprint density at radius 3 is 1.32 bits per heavy atom. The van der Waals surface area contributed by atoms with Crippen molar-refractivity contribution in [2.75, 3.05) is 13.2 Å². The fourth-order valence-corrected chi connectivity index (χ4v) is 4.92. The van der Waals surface area contributed by atoms with E-state index in [2.05, 4.69) is 20.8 Å². The zero-order valence-corrected chi connectivity index (χ0v) is 22.9. The highest BCUT2D eigenvalue weighted by molar-refractivity contribution is 5.75. The number of rotatable bonds is 21. The van der Waals surface area contributed by atoms with Crippen LogP contribution in [0.5, 0.6) is 0 Å². The van der Waals surface area contributed by atoms with Crippen molar-refractivity contribution < 1.29 is 19.1 Å². The van der Waals surface area contributed by atoms with Crippen molar-refractivity contribution in [1.82, 2.24) is 0 Å². The lowest BCUT2D eigenvalue weighted by molar-refractivity contribution is -0.155. The minimum Gasteiger partial charge on any atom is -0.465 e. The average Bonchev–Trinajstić information content (AvgIpc) is 2.83. The molecule has 34 heavy (non-hydrogen) atoms. The number of carbonyl (C=O) groups is 2. The molecule has 1 saturated carbocycles. The molecule has 0 atom stereocenters. The summed E-state index contributed by atoms with van der Waals surface area (Å²) in [5.41, 5.74) is 0. The third-order valence-corrected chi connectivity index (χ3v) is 7.31. The first-order valence-corrected chi connectivity index (χ1v) is 14.9. The summed E-state index contributed by atoms with van der Waals surface area (Å²) in [7, 11) is 0. The van der Waals surface area contributed by atoms with Gasteiger partial charge in [-0.2, -0.15) is 0 Å². The molecule has 0 N–H and O–H groups in total. The molecule has 0 aromatic heterocycles. The fraction of sp³-hybridized carbons (Fsp3) is 0.933. The Hall–Kier alpha value is -1.06. The van der Waals surface area contributed by atoms with E-state index in [-0.39, 0.29) is 23.8 Å². The lowest BCUT2D eigenvalue weighted by Gasteiger charge is -2.26. The van der Waals surface area contributed by atoms with Gasteiger partial charge < -0.3 is 9.47 Å². The van der Waals surface area contributed by atoms with Crippen molar-refractivity contribution in [1.29, 1.82) is 0 Å². The summed E-state index contributed by atoms with van der Waals surface area (Å²) in [6, 6.07) is 0. The Kier molecular flexibility index (Phi) is 19.3. The lowest BCUT2D eigenvalue weighted by atomic mass is 9.82. The second-order valence-corrected chi connectivity index (χ2v) is 11.0. The second kappa shape index (κ2) is 21.2. The molecule has 0 spiro atoms. The normalized spacial score (nSPS) is 18.2. The van der Waals surface area contributed by atoms with Gasteiger partial charge in [0, 0.05) is 0 Å². The first-order chi connectivity index (χ1) is 16.5. The zero-order chi connectivity index (χ0) is 24.9. The summed E-state index contributed by atoms with van der Waals surface area (Å²) in [4.78, 5) is 24.7. The van der Waals surface area contributed by atoms with E-state index in [4.69, 9.17) is 9.47 Å². The summed E-state index contributed by atoms with van der Waals surface area (Å²) in [6.07, 6.45) is 23.2. The van der Waals surface area contributed by atoms with Crippen LogP contribution in [0.2, 0.25) is 0 Å². The highest BCUT2D eigenvalue weighted by atomic mass is 16.5. The van der Waals surface area contributed by atoms with E-state index in [0.29, 0.717) is 13.2 Å². The van der Waals surface area contributed by atoms with Crippen molar-refractivity contribution in [2.24, 2.45) is 17.8 Å². The summed E-state index contributed by atoms with van der Waals surface area (Å²) in [6.45, 7) is 7.88. The first kappa shape index (κ1) is 31.0. The van der Waals surface area contributed by atoms with E-state index in [1.165, 1.54) is 77.0 Å². The maximum absolute atomic E-state index is 12.4. The monoisotopic (exact) mass is 480 g/mol. The Balaban J connectivity index is 1.95. The average molecular weight is 481 g/mol. The standard InChI is InChI=1S/C30H56O4/c1-4-5-6-7-8-9-10-11-12-14-17-24-33-29(31)27-20-22-28(23-21-27)30(32)34-25-18-15-13-16-19-26(2)3/h26-28H,4-25H2,1-3H3. The second-order valence-electron chi connectivity index (χ2n) is 11.0. The van der Waals surface area contributed by atoms with Crippen LogP contribution >= 0.6 is 0 Å². The number of carbonyl (C=O) groups excluding carboxylic acids is 2. The van der Waals surface area contributed by atoms with Crippen LogP contribution in [0.4, 0.5) is 0 Å². The molecular formula is C30H56O4. The molecule has 1 fully saturated rings. The smallest absolute Gasteiger partial charge is 0.308 e. The van der Waals surface area contributed by atoms with Gasteiger partial charge in [0.25, 0.3) is 0 Å². The van der Waals surface area contributed by atoms with Gasteiger partial charge in [-0.1, -0.05) is 111 Å². The van der Waals surface area contributed by atoms with E-state index in [0.717, 1.165) is 57.3 Å². The van der Waals surface area contributed by atoms with E-state index in [1.807, 2.05) is 0 Å². The van der Waals surface area contributed by atoms with Crippen LogP contribution < -0.4 is 0 Å². The SMILES string of the molecule is CCCCCCCCCCCCCOC(=O)C1CCC(C(=O)OCCCCCCC(C)C)CC1. The Morgan fingerprint density at radius 2 is 0.941 bits per heavy atom. The van der Waals surface area contributed by atoms with Gasteiger partial charge in [0.2, 0.25) is 0 Å². The van der Waals surface area contributed by atoms with Crippen LogP contribution in [-0.2, 0) is 19.1 Å². The van der Waals surface area contributed by atoms with E-state index in [1.54, 1.807) is 0 Å². The van der Waals surface area contributed by atoms with Crippen LogP contribution in [-0.4, -0.2) is 25.2 Å². The van der Waals surface area contributed by atoms with Crippen LogP contribution in [0.25, 0.3) is 0 Å². The number of ether oxygens (including phenoxy) is 2. The molecule has 0 aromatic carbocycles. The van der Waals surface area contributed by atoms with Gasteiger partial charge in [-0.05, 0) is 44.4 Å². The third kappa shape index (κ3) is 16.5. The van der Waals surface area contributed by atoms with Crippen LogP contribution in [0, 0.1) is 17.8 Å². The molecule has 1 aliphatic rings. The van der Waals surface area contributed by atoms with Gasteiger partial charge in [0.05, 0.1) is 25.0 Å². The molecule has 4 nitrogen and oxygen atoms in total. The minimum absolute atomic E-state index is 0.0299. The summed E-state index contributed by atoms with van der Waals surface area (Å²) < 4.78 is 11.0. The summed E-state index contributed by atoms with van der Waals surface area (Å²) >= 11 is 0. The molecule has 0 bridgehead atoms. The molecule has 1 aliphatic carbocycles.